The van der Waals surface area contributed by atoms with E-state index in [0.717, 1.165) is 0 Å². The van der Waals surface area contributed by atoms with Gasteiger partial charge < -0.3 is 10.1 Å². The zero-order valence-corrected chi connectivity index (χ0v) is 11.3. The third kappa shape index (κ3) is 3.29. The van der Waals surface area contributed by atoms with E-state index < -0.39 is 5.60 Å². The summed E-state index contributed by atoms with van der Waals surface area (Å²) in [5.41, 5.74) is -0.424. The molecule has 0 bridgehead atoms. The van der Waals surface area contributed by atoms with Gasteiger partial charge in [0.15, 0.2) is 0 Å². The molecule has 0 aromatic heterocycles. The van der Waals surface area contributed by atoms with Gasteiger partial charge in [-0.25, -0.2) is 4.39 Å². The second-order valence-corrected chi connectivity index (χ2v) is 4.79. The number of carbonyl (C=O) groups excluding carboxylic acids is 1. The number of nitrogens with one attached hydrogen (secondary N) is 1. The smallest absolute Gasteiger partial charge is 0.222 e. The van der Waals surface area contributed by atoms with Crippen molar-refractivity contribution in [1.29, 1.82) is 0 Å². The van der Waals surface area contributed by atoms with Crippen LogP contribution in [0.2, 0.25) is 0 Å². The van der Waals surface area contributed by atoms with Crippen LogP contribution in [-0.2, 0) is 15.1 Å². The molecule has 1 N–H and O–H groups in total. The Kier molecular flexibility index (Phi) is 4.84. The van der Waals surface area contributed by atoms with E-state index in [0.29, 0.717) is 5.56 Å². The van der Waals surface area contributed by atoms with Crippen molar-refractivity contribution in [3.8, 4) is 0 Å². The zero-order chi connectivity index (χ0) is 13.8. The number of methoxy groups -OCH3 is 1. The summed E-state index contributed by atoms with van der Waals surface area (Å²) in [5, 5.41) is 2.77. The summed E-state index contributed by atoms with van der Waals surface area (Å²) in [6.07, 6.45) is 0. The number of hydrogen-bond donors (Lipinski definition) is 1. The minimum atomic E-state index is -0.865. The van der Waals surface area contributed by atoms with Crippen molar-refractivity contribution in [2.75, 3.05) is 13.7 Å². The molecule has 1 amide bonds. The van der Waals surface area contributed by atoms with Crippen molar-refractivity contribution in [3.63, 3.8) is 0 Å². The molecular weight excluding hydrogens is 233 g/mol. The van der Waals surface area contributed by atoms with E-state index in [-0.39, 0.29) is 24.2 Å². The van der Waals surface area contributed by atoms with E-state index >= 15 is 0 Å². The summed E-state index contributed by atoms with van der Waals surface area (Å²) in [6.45, 7) is 5.61. The lowest BCUT2D eigenvalue weighted by Crippen LogP contribution is -2.42. The highest BCUT2D eigenvalue weighted by molar-refractivity contribution is 5.77. The van der Waals surface area contributed by atoms with Gasteiger partial charge in [-0.05, 0) is 13.0 Å². The lowest BCUT2D eigenvalue weighted by atomic mass is 9.95. The Morgan fingerprint density at radius 3 is 2.56 bits per heavy atom. The van der Waals surface area contributed by atoms with E-state index in [1.807, 2.05) is 13.8 Å². The Morgan fingerprint density at radius 1 is 1.44 bits per heavy atom. The number of halogens is 1. The highest BCUT2D eigenvalue weighted by Gasteiger charge is 2.29. The van der Waals surface area contributed by atoms with E-state index in [4.69, 9.17) is 4.74 Å². The number of benzene rings is 1. The maximum atomic E-state index is 13.8. The summed E-state index contributed by atoms with van der Waals surface area (Å²) in [5.74, 6) is -0.512. The quantitative estimate of drug-likeness (QED) is 0.875. The molecule has 18 heavy (non-hydrogen) atoms. The van der Waals surface area contributed by atoms with Crippen LogP contribution >= 0.6 is 0 Å². The number of amides is 1. The third-order valence-corrected chi connectivity index (χ3v) is 3.02. The molecule has 4 heteroatoms. The molecule has 0 radical (unpaired) electrons. The van der Waals surface area contributed by atoms with Gasteiger partial charge in [-0.3, -0.25) is 4.79 Å². The maximum absolute atomic E-state index is 13.8. The highest BCUT2D eigenvalue weighted by atomic mass is 19.1. The van der Waals surface area contributed by atoms with Gasteiger partial charge in [-0.1, -0.05) is 32.0 Å². The number of carbonyl (C=O) groups is 1. The predicted octanol–water partition coefficient (Wildman–Crippen LogP) is 2.46. The zero-order valence-electron chi connectivity index (χ0n) is 11.3. The molecule has 1 rings (SSSR count). The van der Waals surface area contributed by atoms with Gasteiger partial charge in [0.05, 0.1) is 6.54 Å². The summed E-state index contributed by atoms with van der Waals surface area (Å²) in [4.78, 5) is 11.6. The van der Waals surface area contributed by atoms with Gasteiger partial charge in [0, 0.05) is 18.6 Å². The minimum absolute atomic E-state index is 0.0744. The van der Waals surface area contributed by atoms with Crippen LogP contribution in [0.4, 0.5) is 4.39 Å². The Bertz CT molecular complexity index is 420. The molecule has 0 aliphatic heterocycles. The fraction of sp³-hybridized carbons (Fsp3) is 0.500. The molecule has 0 saturated carbocycles. The fourth-order valence-electron chi connectivity index (χ4n) is 1.63. The van der Waals surface area contributed by atoms with E-state index in [2.05, 4.69) is 5.32 Å². The van der Waals surface area contributed by atoms with Gasteiger partial charge in [-0.2, -0.15) is 0 Å². The van der Waals surface area contributed by atoms with Crippen molar-refractivity contribution in [2.45, 2.75) is 26.4 Å². The molecule has 0 aliphatic rings. The Morgan fingerprint density at radius 2 is 2.06 bits per heavy atom. The molecule has 0 spiro atoms. The predicted molar refractivity (Wildman–Crippen MR) is 68.6 cm³/mol. The van der Waals surface area contributed by atoms with Crippen LogP contribution in [0.25, 0.3) is 0 Å². The molecule has 0 aliphatic carbocycles. The van der Waals surface area contributed by atoms with Crippen LogP contribution < -0.4 is 5.32 Å². The first-order valence-electron chi connectivity index (χ1n) is 5.98. The normalized spacial score (nSPS) is 14.3. The van der Waals surface area contributed by atoms with Gasteiger partial charge in [0.2, 0.25) is 5.91 Å². The third-order valence-electron chi connectivity index (χ3n) is 3.02. The molecule has 0 fully saturated rings. The van der Waals surface area contributed by atoms with Gasteiger partial charge >= 0.3 is 0 Å². The van der Waals surface area contributed by atoms with Crippen molar-refractivity contribution in [1.82, 2.24) is 5.32 Å². The Labute approximate surface area is 107 Å². The van der Waals surface area contributed by atoms with Crippen molar-refractivity contribution >= 4 is 5.91 Å². The molecule has 1 atom stereocenters. The van der Waals surface area contributed by atoms with E-state index in [9.17, 15) is 9.18 Å². The first kappa shape index (κ1) is 14.6. The number of hydrogen-bond acceptors (Lipinski definition) is 2. The van der Waals surface area contributed by atoms with Crippen molar-refractivity contribution < 1.29 is 13.9 Å². The molecule has 1 unspecified atom stereocenters. The number of ether oxygens (including phenoxy) is 1. The monoisotopic (exact) mass is 253 g/mol. The fourth-order valence-corrected chi connectivity index (χ4v) is 1.63. The van der Waals surface area contributed by atoms with Gasteiger partial charge in [-0.15, -0.1) is 0 Å². The number of rotatable bonds is 5. The summed E-state index contributed by atoms with van der Waals surface area (Å²) >= 11 is 0. The van der Waals surface area contributed by atoms with Crippen LogP contribution in [0, 0.1) is 11.7 Å². The first-order valence-corrected chi connectivity index (χ1v) is 5.98. The second-order valence-electron chi connectivity index (χ2n) is 4.79. The molecule has 0 heterocycles. The average molecular weight is 253 g/mol. The standard InChI is InChI=1S/C14H20FNO2/c1-10(2)13(17)16-9-14(3,18-4)11-7-5-6-8-12(11)15/h5-8,10H,9H2,1-4H3,(H,16,17). The molecular formula is C14H20FNO2. The molecule has 3 nitrogen and oxygen atoms in total. The van der Waals surface area contributed by atoms with Gasteiger partial charge in [0.1, 0.15) is 11.4 Å². The Hall–Kier alpha value is -1.42. The summed E-state index contributed by atoms with van der Waals surface area (Å²) in [7, 11) is 1.51. The summed E-state index contributed by atoms with van der Waals surface area (Å²) < 4.78 is 19.1. The van der Waals surface area contributed by atoms with Crippen molar-refractivity contribution in [3.05, 3.63) is 35.6 Å². The van der Waals surface area contributed by atoms with E-state index in [1.54, 1.807) is 25.1 Å². The lowest BCUT2D eigenvalue weighted by Gasteiger charge is -2.29. The topological polar surface area (TPSA) is 38.3 Å². The van der Waals surface area contributed by atoms with Crippen LogP contribution in [0.15, 0.2) is 24.3 Å². The van der Waals surface area contributed by atoms with Crippen LogP contribution in [0.1, 0.15) is 26.3 Å². The Balaban J connectivity index is 2.86. The van der Waals surface area contributed by atoms with Crippen molar-refractivity contribution in [2.24, 2.45) is 5.92 Å². The largest absolute Gasteiger partial charge is 0.372 e. The molecule has 100 valence electrons. The lowest BCUT2D eigenvalue weighted by molar-refractivity contribution is -0.125. The second kappa shape index (κ2) is 5.96. The minimum Gasteiger partial charge on any atom is -0.372 e. The SMILES string of the molecule is COC(C)(CNC(=O)C(C)C)c1ccccc1F. The first-order chi connectivity index (χ1) is 8.40. The average Bonchev–Trinajstić information content (AvgIpc) is 2.36. The van der Waals surface area contributed by atoms with E-state index in [1.165, 1.54) is 13.2 Å². The van der Waals surface area contributed by atoms with Crippen LogP contribution in [0.5, 0.6) is 0 Å². The molecule has 1 aromatic carbocycles. The molecule has 1 aromatic rings. The van der Waals surface area contributed by atoms with Gasteiger partial charge in [0.25, 0.3) is 0 Å². The van der Waals surface area contributed by atoms with Crippen LogP contribution in [-0.4, -0.2) is 19.6 Å². The molecule has 0 saturated heterocycles. The summed E-state index contributed by atoms with van der Waals surface area (Å²) in [6, 6.07) is 6.43. The maximum Gasteiger partial charge on any atom is 0.222 e. The van der Waals surface area contributed by atoms with Crippen LogP contribution in [0.3, 0.4) is 0 Å². The highest BCUT2D eigenvalue weighted by Crippen LogP contribution is 2.26.